The number of halogens is 2. The van der Waals surface area contributed by atoms with Gasteiger partial charge in [0.25, 0.3) is 0 Å². The SMILES string of the molecule is CCn1ncc(Br)c1C(F)(CN)C(C)C. The van der Waals surface area contributed by atoms with Crippen LogP contribution in [0.15, 0.2) is 10.7 Å². The lowest BCUT2D eigenvalue weighted by Crippen LogP contribution is -2.38. The maximum atomic E-state index is 14.7. The van der Waals surface area contributed by atoms with Crippen LogP contribution in [0.3, 0.4) is 0 Å². The van der Waals surface area contributed by atoms with Crippen molar-refractivity contribution in [3.05, 3.63) is 16.4 Å². The smallest absolute Gasteiger partial charge is 0.167 e. The largest absolute Gasteiger partial charge is 0.327 e. The van der Waals surface area contributed by atoms with Gasteiger partial charge in [-0.1, -0.05) is 13.8 Å². The van der Waals surface area contributed by atoms with E-state index in [-0.39, 0.29) is 12.5 Å². The van der Waals surface area contributed by atoms with E-state index in [1.54, 1.807) is 10.9 Å². The molecule has 0 bridgehead atoms. The number of hydrogen-bond donors (Lipinski definition) is 1. The molecule has 0 fully saturated rings. The summed E-state index contributed by atoms with van der Waals surface area (Å²) in [5.41, 5.74) is 4.58. The van der Waals surface area contributed by atoms with E-state index in [9.17, 15) is 4.39 Å². The molecule has 0 aliphatic heterocycles. The van der Waals surface area contributed by atoms with Crippen molar-refractivity contribution in [2.45, 2.75) is 33.0 Å². The van der Waals surface area contributed by atoms with Gasteiger partial charge in [0.15, 0.2) is 5.67 Å². The lowest BCUT2D eigenvalue weighted by molar-refractivity contribution is 0.0964. The molecular weight excluding hydrogens is 261 g/mol. The van der Waals surface area contributed by atoms with Crippen LogP contribution in [-0.4, -0.2) is 16.3 Å². The molecule has 0 saturated carbocycles. The minimum atomic E-state index is -1.52. The molecule has 0 saturated heterocycles. The van der Waals surface area contributed by atoms with Gasteiger partial charge < -0.3 is 5.73 Å². The Kier molecular flexibility index (Phi) is 3.89. The van der Waals surface area contributed by atoms with Crippen LogP contribution in [0.25, 0.3) is 0 Å². The summed E-state index contributed by atoms with van der Waals surface area (Å²) in [4.78, 5) is 0. The Balaban J connectivity index is 3.28. The monoisotopic (exact) mass is 277 g/mol. The van der Waals surface area contributed by atoms with E-state index in [0.29, 0.717) is 16.7 Å². The van der Waals surface area contributed by atoms with Gasteiger partial charge in [-0.05, 0) is 28.8 Å². The number of aromatic nitrogens is 2. The number of nitrogens with two attached hydrogens (primary N) is 1. The van der Waals surface area contributed by atoms with Crippen molar-refractivity contribution in [3.63, 3.8) is 0 Å². The predicted molar refractivity (Wildman–Crippen MR) is 62.3 cm³/mol. The van der Waals surface area contributed by atoms with E-state index in [1.165, 1.54) is 0 Å². The third kappa shape index (κ3) is 2.08. The summed E-state index contributed by atoms with van der Waals surface area (Å²) in [7, 11) is 0. The van der Waals surface area contributed by atoms with Gasteiger partial charge in [0.1, 0.15) is 0 Å². The first-order valence-electron chi connectivity index (χ1n) is 5.08. The summed E-state index contributed by atoms with van der Waals surface area (Å²) in [6.45, 7) is 6.19. The average Bonchev–Trinajstić information content (AvgIpc) is 2.58. The maximum absolute atomic E-state index is 14.7. The second kappa shape index (κ2) is 4.61. The van der Waals surface area contributed by atoms with E-state index >= 15 is 0 Å². The number of hydrogen-bond acceptors (Lipinski definition) is 2. The van der Waals surface area contributed by atoms with E-state index in [4.69, 9.17) is 5.73 Å². The second-order valence-electron chi connectivity index (χ2n) is 3.88. The zero-order valence-electron chi connectivity index (χ0n) is 9.30. The van der Waals surface area contributed by atoms with Gasteiger partial charge in [0, 0.05) is 13.1 Å². The average molecular weight is 278 g/mol. The van der Waals surface area contributed by atoms with Crippen LogP contribution in [0.2, 0.25) is 0 Å². The predicted octanol–water partition coefficient (Wildman–Crippen LogP) is 2.45. The van der Waals surface area contributed by atoms with Crippen LogP contribution < -0.4 is 5.73 Å². The highest BCUT2D eigenvalue weighted by Gasteiger charge is 2.39. The van der Waals surface area contributed by atoms with Gasteiger partial charge in [-0.25, -0.2) is 4.39 Å². The lowest BCUT2D eigenvalue weighted by atomic mass is 9.89. The fraction of sp³-hybridized carbons (Fsp3) is 0.700. The quantitative estimate of drug-likeness (QED) is 0.919. The molecule has 0 spiro atoms. The van der Waals surface area contributed by atoms with Crippen LogP contribution in [-0.2, 0) is 12.2 Å². The summed E-state index contributed by atoms with van der Waals surface area (Å²) in [5, 5.41) is 4.10. The summed E-state index contributed by atoms with van der Waals surface area (Å²) >= 11 is 3.32. The molecule has 1 aromatic heterocycles. The van der Waals surface area contributed by atoms with Gasteiger partial charge in [-0.2, -0.15) is 5.10 Å². The molecule has 2 N–H and O–H groups in total. The second-order valence-corrected chi connectivity index (χ2v) is 4.73. The van der Waals surface area contributed by atoms with Crippen LogP contribution in [0.5, 0.6) is 0 Å². The molecule has 1 unspecified atom stereocenters. The van der Waals surface area contributed by atoms with Crippen molar-refractivity contribution in [3.8, 4) is 0 Å². The Morgan fingerprint density at radius 2 is 2.27 bits per heavy atom. The molecule has 1 aromatic rings. The minimum Gasteiger partial charge on any atom is -0.327 e. The first kappa shape index (κ1) is 12.6. The Labute approximate surface area is 98.0 Å². The van der Waals surface area contributed by atoms with Crippen LogP contribution in [0.4, 0.5) is 4.39 Å². The number of alkyl halides is 1. The zero-order valence-corrected chi connectivity index (χ0v) is 10.9. The first-order chi connectivity index (χ1) is 6.97. The highest BCUT2D eigenvalue weighted by molar-refractivity contribution is 9.10. The van der Waals surface area contributed by atoms with Crippen molar-refractivity contribution in [1.82, 2.24) is 9.78 Å². The highest BCUT2D eigenvalue weighted by atomic mass is 79.9. The van der Waals surface area contributed by atoms with Crippen LogP contribution >= 0.6 is 15.9 Å². The molecule has 1 heterocycles. The summed E-state index contributed by atoms with van der Waals surface area (Å²) in [6.07, 6.45) is 1.62. The molecule has 1 rings (SSSR count). The van der Waals surface area contributed by atoms with Gasteiger partial charge in [0.2, 0.25) is 0 Å². The van der Waals surface area contributed by atoms with Crippen LogP contribution in [0.1, 0.15) is 26.5 Å². The Morgan fingerprint density at radius 1 is 1.67 bits per heavy atom. The summed E-state index contributed by atoms with van der Waals surface area (Å²) in [5.74, 6) is -0.180. The fourth-order valence-corrected chi connectivity index (χ4v) is 2.25. The molecule has 0 aliphatic rings. The summed E-state index contributed by atoms with van der Waals surface area (Å²) < 4.78 is 17.0. The van der Waals surface area contributed by atoms with Gasteiger partial charge >= 0.3 is 0 Å². The number of rotatable bonds is 4. The number of nitrogens with zero attached hydrogens (tertiary/aromatic N) is 2. The molecule has 1 atom stereocenters. The molecule has 5 heteroatoms. The van der Waals surface area contributed by atoms with E-state index < -0.39 is 5.67 Å². The molecule has 0 aromatic carbocycles. The van der Waals surface area contributed by atoms with E-state index in [0.717, 1.165) is 0 Å². The molecule has 3 nitrogen and oxygen atoms in total. The molecule has 0 amide bonds. The fourth-order valence-electron chi connectivity index (χ4n) is 1.62. The van der Waals surface area contributed by atoms with Gasteiger partial charge in [-0.15, -0.1) is 0 Å². The summed E-state index contributed by atoms with van der Waals surface area (Å²) in [6, 6.07) is 0. The van der Waals surface area contributed by atoms with Crippen molar-refractivity contribution in [2.24, 2.45) is 11.7 Å². The van der Waals surface area contributed by atoms with Crippen molar-refractivity contribution in [2.75, 3.05) is 6.54 Å². The molecule has 0 aliphatic carbocycles. The first-order valence-corrected chi connectivity index (χ1v) is 5.87. The Morgan fingerprint density at radius 3 is 2.67 bits per heavy atom. The molecule has 86 valence electrons. The molecule has 0 radical (unpaired) electrons. The van der Waals surface area contributed by atoms with Crippen molar-refractivity contribution < 1.29 is 4.39 Å². The topological polar surface area (TPSA) is 43.8 Å². The Bertz CT molecular complexity index is 337. The van der Waals surface area contributed by atoms with Crippen LogP contribution in [0, 0.1) is 5.92 Å². The van der Waals surface area contributed by atoms with E-state index in [2.05, 4.69) is 21.0 Å². The third-order valence-corrected chi connectivity index (χ3v) is 3.28. The zero-order chi connectivity index (χ0) is 11.6. The highest BCUT2D eigenvalue weighted by Crippen LogP contribution is 2.37. The normalized spacial score (nSPS) is 15.7. The Hall–Kier alpha value is -0.420. The lowest BCUT2D eigenvalue weighted by Gasteiger charge is -2.29. The standard InChI is InChI=1S/C10H17BrFN3/c1-4-15-9(8(11)5-14-15)10(12,6-13)7(2)3/h5,7H,4,6,13H2,1-3H3. The maximum Gasteiger partial charge on any atom is 0.167 e. The molecular formula is C10H17BrFN3. The van der Waals surface area contributed by atoms with Gasteiger partial charge in [0.05, 0.1) is 16.4 Å². The van der Waals surface area contributed by atoms with Crippen molar-refractivity contribution >= 4 is 15.9 Å². The molecule has 15 heavy (non-hydrogen) atoms. The van der Waals surface area contributed by atoms with Crippen molar-refractivity contribution in [1.29, 1.82) is 0 Å². The van der Waals surface area contributed by atoms with Gasteiger partial charge in [-0.3, -0.25) is 4.68 Å². The third-order valence-electron chi connectivity index (χ3n) is 2.70. The van der Waals surface area contributed by atoms with E-state index in [1.807, 2.05) is 20.8 Å². The number of aryl methyl sites for hydroxylation is 1. The minimum absolute atomic E-state index is 0.0328.